The number of halogens is 1. The van der Waals surface area contributed by atoms with Crippen LogP contribution >= 0.6 is 0 Å². The molecule has 2 N–H and O–H groups in total. The highest BCUT2D eigenvalue weighted by atomic mass is 19.1. The van der Waals surface area contributed by atoms with Crippen molar-refractivity contribution in [3.05, 3.63) is 77.4 Å². The number of esters is 1. The zero-order valence-electron chi connectivity index (χ0n) is 14.9. The Morgan fingerprint density at radius 2 is 2.14 bits per heavy atom. The van der Waals surface area contributed by atoms with Crippen molar-refractivity contribution in [2.45, 2.75) is 13.5 Å². The van der Waals surface area contributed by atoms with Crippen LogP contribution in [-0.2, 0) is 11.3 Å². The predicted molar refractivity (Wildman–Crippen MR) is 97.2 cm³/mol. The number of aromatic nitrogens is 4. The highest BCUT2D eigenvalue weighted by molar-refractivity contribution is 6.05. The van der Waals surface area contributed by atoms with Crippen LogP contribution in [0.15, 0.2) is 48.9 Å². The predicted octanol–water partition coefficient (Wildman–Crippen LogP) is 2.75. The number of aromatic amines is 1. The van der Waals surface area contributed by atoms with E-state index in [0.717, 1.165) is 6.08 Å². The minimum absolute atomic E-state index is 0.0389. The molecule has 144 valence electrons. The average molecular weight is 384 g/mol. The van der Waals surface area contributed by atoms with Gasteiger partial charge in [-0.15, -0.1) is 0 Å². The molecule has 3 aromatic rings. The Balaban J connectivity index is 1.95. The number of aliphatic hydroxyl groups excluding tert-OH is 1. The molecule has 0 aliphatic heterocycles. The molecule has 28 heavy (non-hydrogen) atoms. The molecule has 0 aliphatic rings. The van der Waals surface area contributed by atoms with Crippen LogP contribution < -0.4 is 0 Å². The lowest BCUT2D eigenvalue weighted by Gasteiger charge is -2.09. The molecule has 0 radical (unpaired) electrons. The summed E-state index contributed by atoms with van der Waals surface area (Å²) in [5.74, 6) is -2.05. The van der Waals surface area contributed by atoms with Gasteiger partial charge >= 0.3 is 5.97 Å². The Morgan fingerprint density at radius 3 is 2.82 bits per heavy atom. The van der Waals surface area contributed by atoms with E-state index >= 15 is 0 Å². The van der Waals surface area contributed by atoms with Crippen LogP contribution in [0.1, 0.15) is 39.2 Å². The number of allylic oxidation sites excluding steroid dienone is 1. The summed E-state index contributed by atoms with van der Waals surface area (Å²) < 4.78 is 20.5. The van der Waals surface area contributed by atoms with E-state index < -0.39 is 17.6 Å². The maximum atomic E-state index is 14.0. The molecular formula is C19H17FN4O4. The van der Waals surface area contributed by atoms with Crippen molar-refractivity contribution in [2.75, 3.05) is 6.61 Å². The molecule has 0 saturated heterocycles. The summed E-state index contributed by atoms with van der Waals surface area (Å²) in [6.45, 7) is 1.87. The summed E-state index contributed by atoms with van der Waals surface area (Å²) in [6.07, 6.45) is 3.57. The van der Waals surface area contributed by atoms with Crippen molar-refractivity contribution in [1.29, 1.82) is 0 Å². The van der Waals surface area contributed by atoms with Gasteiger partial charge in [-0.05, 0) is 19.1 Å². The third-order valence-corrected chi connectivity index (χ3v) is 3.89. The molecule has 2 aromatic heterocycles. The smallest absolute Gasteiger partial charge is 0.354 e. The number of rotatable bonds is 7. The number of nitrogens with one attached hydrogen (secondary N) is 1. The maximum absolute atomic E-state index is 14.0. The number of nitrogens with zero attached hydrogens (tertiary/aromatic N) is 3. The van der Waals surface area contributed by atoms with Crippen LogP contribution in [0, 0.1) is 5.82 Å². The van der Waals surface area contributed by atoms with E-state index in [1.165, 1.54) is 29.2 Å². The molecule has 0 bridgehead atoms. The second-order valence-electron chi connectivity index (χ2n) is 5.78. The molecule has 0 unspecified atom stereocenters. The van der Waals surface area contributed by atoms with Crippen molar-refractivity contribution in [3.8, 4) is 0 Å². The summed E-state index contributed by atoms with van der Waals surface area (Å²) in [6, 6.07) is 7.53. The molecule has 0 saturated carbocycles. The van der Waals surface area contributed by atoms with E-state index in [1.54, 1.807) is 25.1 Å². The van der Waals surface area contributed by atoms with Crippen molar-refractivity contribution in [2.24, 2.45) is 0 Å². The maximum Gasteiger partial charge on any atom is 0.354 e. The van der Waals surface area contributed by atoms with E-state index in [1.807, 2.05) is 0 Å². The summed E-state index contributed by atoms with van der Waals surface area (Å²) in [4.78, 5) is 28.0. The Labute approximate surface area is 159 Å². The summed E-state index contributed by atoms with van der Waals surface area (Å²) in [7, 11) is 0. The topological polar surface area (TPSA) is 110 Å². The normalized spacial score (nSPS) is 11.4. The average Bonchev–Trinajstić information content (AvgIpc) is 3.34. The van der Waals surface area contributed by atoms with Crippen molar-refractivity contribution >= 4 is 17.5 Å². The summed E-state index contributed by atoms with van der Waals surface area (Å²) in [5, 5.41) is 16.3. The van der Waals surface area contributed by atoms with E-state index in [-0.39, 0.29) is 36.0 Å². The molecule has 0 aliphatic carbocycles. The monoisotopic (exact) mass is 384 g/mol. The van der Waals surface area contributed by atoms with Crippen molar-refractivity contribution in [3.63, 3.8) is 0 Å². The van der Waals surface area contributed by atoms with Crippen LogP contribution in [0.3, 0.4) is 0 Å². The first-order chi connectivity index (χ1) is 13.5. The fraction of sp³-hybridized carbons (Fsp3) is 0.158. The van der Waals surface area contributed by atoms with Gasteiger partial charge in [-0.3, -0.25) is 9.89 Å². The van der Waals surface area contributed by atoms with Gasteiger partial charge in [0.2, 0.25) is 5.78 Å². The molecule has 9 heteroatoms. The summed E-state index contributed by atoms with van der Waals surface area (Å²) >= 11 is 0. The number of benzene rings is 1. The van der Waals surface area contributed by atoms with Crippen LogP contribution in [-0.4, -0.2) is 43.2 Å². The molecule has 0 amide bonds. The second-order valence-corrected chi connectivity index (χ2v) is 5.78. The molecule has 3 rings (SSSR count). The highest BCUT2D eigenvalue weighted by Crippen LogP contribution is 2.20. The van der Waals surface area contributed by atoms with Gasteiger partial charge < -0.3 is 14.4 Å². The first kappa shape index (κ1) is 19.0. The number of hydrogen-bond acceptors (Lipinski definition) is 6. The van der Waals surface area contributed by atoms with E-state index in [0.29, 0.717) is 5.56 Å². The third kappa shape index (κ3) is 4.14. The Bertz CT molecular complexity index is 1020. The SMILES string of the molecule is CCOC(=O)c1cc(C(O)=CC(=O)c2ncn[nH]2)cn1Cc1ccccc1F. The van der Waals surface area contributed by atoms with E-state index in [9.17, 15) is 19.1 Å². The van der Waals surface area contributed by atoms with Crippen LogP contribution in [0.2, 0.25) is 0 Å². The highest BCUT2D eigenvalue weighted by Gasteiger charge is 2.18. The molecular weight excluding hydrogens is 367 g/mol. The lowest BCUT2D eigenvalue weighted by atomic mass is 10.2. The van der Waals surface area contributed by atoms with Gasteiger partial charge in [0.25, 0.3) is 0 Å². The molecule has 8 nitrogen and oxygen atoms in total. The minimum Gasteiger partial charge on any atom is -0.507 e. The largest absolute Gasteiger partial charge is 0.507 e. The fourth-order valence-electron chi connectivity index (χ4n) is 2.57. The lowest BCUT2D eigenvalue weighted by molar-refractivity contribution is 0.0514. The zero-order chi connectivity index (χ0) is 20.1. The Hall–Kier alpha value is -3.75. The van der Waals surface area contributed by atoms with Crippen molar-refractivity contribution in [1.82, 2.24) is 19.7 Å². The fourth-order valence-corrected chi connectivity index (χ4v) is 2.57. The molecule has 1 aromatic carbocycles. The Kier molecular flexibility index (Phi) is 5.64. The van der Waals surface area contributed by atoms with Gasteiger partial charge in [0, 0.05) is 23.4 Å². The second kappa shape index (κ2) is 8.30. The van der Waals surface area contributed by atoms with Gasteiger partial charge in [0.1, 0.15) is 23.6 Å². The minimum atomic E-state index is -0.626. The van der Waals surface area contributed by atoms with Gasteiger partial charge in [-0.1, -0.05) is 18.2 Å². The van der Waals surface area contributed by atoms with Gasteiger partial charge in [0.15, 0.2) is 5.82 Å². The number of carbonyl (C=O) groups is 2. The number of ketones is 1. The molecule has 0 fully saturated rings. The third-order valence-electron chi connectivity index (χ3n) is 3.89. The number of aliphatic hydroxyl groups is 1. The van der Waals surface area contributed by atoms with Crippen molar-refractivity contribution < 1.29 is 23.8 Å². The molecule has 0 atom stereocenters. The number of carbonyl (C=O) groups excluding carboxylic acids is 2. The standard InChI is InChI=1S/C19H17FN4O4/c1-2-28-19(27)15-7-13(16(25)8-17(26)18-21-11-22-23-18)10-24(15)9-12-5-3-4-6-14(12)20/h3-8,10-11,25H,2,9H2,1H3,(H,21,22,23). The first-order valence-electron chi connectivity index (χ1n) is 8.41. The van der Waals surface area contributed by atoms with Crippen LogP contribution in [0.25, 0.3) is 5.76 Å². The zero-order valence-corrected chi connectivity index (χ0v) is 14.9. The first-order valence-corrected chi connectivity index (χ1v) is 8.41. The Morgan fingerprint density at radius 1 is 1.36 bits per heavy atom. The summed E-state index contributed by atoms with van der Waals surface area (Å²) in [5.41, 5.74) is 0.677. The molecule has 2 heterocycles. The quantitative estimate of drug-likeness (QED) is 0.281. The van der Waals surface area contributed by atoms with Gasteiger partial charge in [-0.2, -0.15) is 5.10 Å². The number of hydrogen-bond donors (Lipinski definition) is 2. The van der Waals surface area contributed by atoms with Gasteiger partial charge in [0.05, 0.1) is 13.2 Å². The van der Waals surface area contributed by atoms with Crippen LogP contribution in [0.4, 0.5) is 4.39 Å². The van der Waals surface area contributed by atoms with E-state index in [2.05, 4.69) is 15.2 Å². The van der Waals surface area contributed by atoms with Gasteiger partial charge in [-0.25, -0.2) is 14.2 Å². The lowest BCUT2D eigenvalue weighted by Crippen LogP contribution is -2.12. The van der Waals surface area contributed by atoms with Crippen LogP contribution in [0.5, 0.6) is 0 Å². The number of ether oxygens (including phenoxy) is 1. The van der Waals surface area contributed by atoms with E-state index in [4.69, 9.17) is 4.74 Å². The molecule has 0 spiro atoms. The number of H-pyrrole nitrogens is 1.